The third kappa shape index (κ3) is 4.03. The Morgan fingerprint density at radius 3 is 2.63 bits per heavy atom. The summed E-state index contributed by atoms with van der Waals surface area (Å²) in [5, 5.41) is 13.8. The fourth-order valence-corrected chi connectivity index (χ4v) is 3.42. The quantitative estimate of drug-likeness (QED) is 0.635. The van der Waals surface area contributed by atoms with Crippen LogP contribution in [0.15, 0.2) is 68.8 Å². The molecule has 2 N–H and O–H groups in total. The van der Waals surface area contributed by atoms with E-state index in [9.17, 15) is 18.7 Å². The van der Waals surface area contributed by atoms with Crippen LogP contribution in [-0.4, -0.2) is 17.4 Å². The van der Waals surface area contributed by atoms with Gasteiger partial charge < -0.3 is 19.6 Å². The highest BCUT2D eigenvalue weighted by atomic mass is 19.3. The first-order chi connectivity index (χ1) is 14.4. The van der Waals surface area contributed by atoms with Gasteiger partial charge in [0.25, 0.3) is 0 Å². The number of nitrogens with one attached hydrogen (secondary N) is 1. The minimum absolute atomic E-state index is 0.00163. The highest BCUT2D eigenvalue weighted by molar-refractivity contribution is 6.05. The summed E-state index contributed by atoms with van der Waals surface area (Å²) in [5.74, 6) is 0.134. The number of benzene rings is 2. The zero-order valence-corrected chi connectivity index (χ0v) is 15.9. The molecule has 2 aromatic carbocycles. The maximum Gasteiger partial charge on any atom is 0.387 e. The van der Waals surface area contributed by atoms with E-state index in [-0.39, 0.29) is 29.5 Å². The van der Waals surface area contributed by atoms with Gasteiger partial charge in [-0.2, -0.15) is 8.78 Å². The van der Waals surface area contributed by atoms with Crippen LogP contribution >= 0.6 is 0 Å². The van der Waals surface area contributed by atoms with Crippen molar-refractivity contribution in [3.05, 3.63) is 81.9 Å². The Morgan fingerprint density at radius 2 is 1.93 bits per heavy atom. The Morgan fingerprint density at radius 1 is 1.20 bits per heavy atom. The van der Waals surface area contributed by atoms with Gasteiger partial charge in [-0.1, -0.05) is 24.3 Å². The molecule has 1 aromatic heterocycles. The minimum atomic E-state index is -2.90. The summed E-state index contributed by atoms with van der Waals surface area (Å²) in [6.45, 7) is -1.33. The van der Waals surface area contributed by atoms with Gasteiger partial charge in [0.05, 0.1) is 23.1 Å². The van der Waals surface area contributed by atoms with Crippen LogP contribution in [0.25, 0.3) is 0 Å². The van der Waals surface area contributed by atoms with E-state index in [2.05, 4.69) is 15.0 Å². The molecule has 4 rings (SSSR count). The summed E-state index contributed by atoms with van der Waals surface area (Å²) in [4.78, 5) is 17.1. The van der Waals surface area contributed by atoms with Crippen molar-refractivity contribution in [1.29, 1.82) is 0 Å². The van der Waals surface area contributed by atoms with Crippen molar-refractivity contribution in [3.8, 4) is 11.5 Å². The molecule has 0 radical (unpaired) electrons. The topological polar surface area (TPSA) is 84.1 Å². The van der Waals surface area contributed by atoms with Gasteiger partial charge >= 0.3 is 12.2 Å². The van der Waals surface area contributed by atoms with Gasteiger partial charge in [0.1, 0.15) is 22.8 Å². The van der Waals surface area contributed by atoms with Crippen LogP contribution in [0.5, 0.6) is 11.5 Å². The van der Waals surface area contributed by atoms with E-state index in [0.717, 1.165) is 11.3 Å². The van der Waals surface area contributed by atoms with Gasteiger partial charge in [-0.3, -0.25) is 4.99 Å². The number of para-hydroxylation sites is 2. The number of aryl methyl sites for hydroxylation is 1. The first kappa shape index (κ1) is 19.6. The number of rotatable bonds is 4. The zero-order valence-electron chi connectivity index (χ0n) is 15.9. The lowest BCUT2D eigenvalue weighted by atomic mass is 9.97. The Labute approximate surface area is 170 Å². The zero-order chi connectivity index (χ0) is 21.3. The number of halogens is 2. The van der Waals surface area contributed by atoms with E-state index in [4.69, 9.17) is 4.42 Å². The van der Waals surface area contributed by atoms with Crippen LogP contribution in [0, 0.1) is 6.92 Å². The van der Waals surface area contributed by atoms with E-state index in [1.807, 2.05) is 18.2 Å². The molecule has 3 aromatic rings. The minimum Gasteiger partial charge on any atom is -0.507 e. The van der Waals surface area contributed by atoms with Gasteiger partial charge in [0.15, 0.2) is 0 Å². The monoisotopic (exact) mass is 412 g/mol. The molecule has 1 aliphatic rings. The molecule has 0 amide bonds. The Balaban J connectivity index is 1.77. The largest absolute Gasteiger partial charge is 0.507 e. The summed E-state index contributed by atoms with van der Waals surface area (Å²) in [6.07, 6.45) is 0.255. The van der Waals surface area contributed by atoms with Crippen molar-refractivity contribution in [1.82, 2.24) is 0 Å². The fraction of sp³-hybridized carbons (Fsp3) is 0.182. The summed E-state index contributed by atoms with van der Waals surface area (Å²) < 4.78 is 34.4. The van der Waals surface area contributed by atoms with Crippen LogP contribution in [0.1, 0.15) is 29.3 Å². The van der Waals surface area contributed by atoms with E-state index in [1.165, 1.54) is 18.2 Å². The normalized spacial score (nSPS) is 15.7. The molecule has 2 heterocycles. The molecule has 1 unspecified atom stereocenters. The van der Waals surface area contributed by atoms with Crippen molar-refractivity contribution < 1.29 is 23.0 Å². The van der Waals surface area contributed by atoms with Gasteiger partial charge in [0.2, 0.25) is 0 Å². The molecular formula is C22H18F2N2O4. The van der Waals surface area contributed by atoms with Crippen molar-refractivity contribution in [2.75, 3.05) is 5.32 Å². The lowest BCUT2D eigenvalue weighted by Gasteiger charge is -2.19. The SMILES string of the molecule is Cc1cc(O)c(C2=Nc3ccccc3NC(c3ccc(OC(F)F)cc3)C2)c(=O)o1. The third-order valence-corrected chi connectivity index (χ3v) is 4.74. The van der Waals surface area contributed by atoms with Gasteiger partial charge in [0, 0.05) is 12.5 Å². The first-order valence-electron chi connectivity index (χ1n) is 9.22. The smallest absolute Gasteiger partial charge is 0.387 e. The predicted octanol–water partition coefficient (Wildman–Crippen LogP) is 4.93. The number of nitrogens with zero attached hydrogens (tertiary/aromatic N) is 1. The Hall–Kier alpha value is -3.68. The van der Waals surface area contributed by atoms with Crippen molar-refractivity contribution in [2.24, 2.45) is 4.99 Å². The molecule has 0 saturated carbocycles. The second kappa shape index (κ2) is 7.98. The maximum absolute atomic E-state index is 12.5. The molecular weight excluding hydrogens is 394 g/mol. The molecule has 6 nitrogen and oxygen atoms in total. The highest BCUT2D eigenvalue weighted by Gasteiger charge is 2.25. The van der Waals surface area contributed by atoms with E-state index < -0.39 is 12.2 Å². The second-order valence-electron chi connectivity index (χ2n) is 6.83. The second-order valence-corrected chi connectivity index (χ2v) is 6.83. The van der Waals surface area contributed by atoms with Gasteiger partial charge in [-0.25, -0.2) is 4.79 Å². The van der Waals surface area contributed by atoms with E-state index in [1.54, 1.807) is 25.1 Å². The molecule has 1 aliphatic heterocycles. The van der Waals surface area contributed by atoms with Gasteiger partial charge in [-0.05, 0) is 36.8 Å². The summed E-state index contributed by atoms with van der Waals surface area (Å²) >= 11 is 0. The standard InChI is InChI=1S/C22H18F2N2O4/c1-12-10-19(27)20(21(28)29-12)18-11-17(25-15-4-2-3-5-16(15)26-18)13-6-8-14(9-7-13)30-22(23)24/h2-10,17,22,25,27H,11H2,1H3. The number of ether oxygens (including phenoxy) is 1. The maximum atomic E-state index is 12.5. The molecule has 0 saturated heterocycles. The van der Waals surface area contributed by atoms with Crippen molar-refractivity contribution in [3.63, 3.8) is 0 Å². The molecule has 8 heteroatoms. The lowest BCUT2D eigenvalue weighted by Crippen LogP contribution is -2.20. The molecule has 30 heavy (non-hydrogen) atoms. The number of hydrogen-bond acceptors (Lipinski definition) is 6. The molecule has 154 valence electrons. The third-order valence-electron chi connectivity index (χ3n) is 4.74. The average molecular weight is 412 g/mol. The van der Waals surface area contributed by atoms with Crippen LogP contribution in [0.3, 0.4) is 0 Å². The number of anilines is 1. The molecule has 0 spiro atoms. The molecule has 0 aliphatic carbocycles. The van der Waals surface area contributed by atoms with Crippen molar-refractivity contribution >= 4 is 17.1 Å². The molecule has 1 atom stereocenters. The van der Waals surface area contributed by atoms with Crippen molar-refractivity contribution in [2.45, 2.75) is 26.0 Å². The number of aromatic hydroxyl groups is 1. The first-order valence-corrected chi connectivity index (χ1v) is 9.22. The summed E-state index contributed by atoms with van der Waals surface area (Å²) in [5.41, 5.74) is 1.80. The number of aliphatic imine (C=N–C) groups is 1. The highest BCUT2D eigenvalue weighted by Crippen LogP contribution is 2.36. The number of alkyl halides is 2. The van der Waals surface area contributed by atoms with Crippen LogP contribution in [-0.2, 0) is 0 Å². The molecule has 0 fully saturated rings. The van der Waals surface area contributed by atoms with Gasteiger partial charge in [-0.15, -0.1) is 0 Å². The summed E-state index contributed by atoms with van der Waals surface area (Å²) in [7, 11) is 0. The lowest BCUT2D eigenvalue weighted by molar-refractivity contribution is -0.0498. The predicted molar refractivity (Wildman–Crippen MR) is 108 cm³/mol. The average Bonchev–Trinajstić information content (AvgIpc) is 2.87. The number of hydrogen-bond donors (Lipinski definition) is 2. The Bertz CT molecular complexity index is 1160. The van der Waals surface area contributed by atoms with Crippen LogP contribution in [0.4, 0.5) is 20.2 Å². The summed E-state index contributed by atoms with van der Waals surface area (Å²) in [6, 6.07) is 14.6. The van der Waals surface area contributed by atoms with Crippen LogP contribution < -0.4 is 15.7 Å². The molecule has 0 bridgehead atoms. The van der Waals surface area contributed by atoms with E-state index in [0.29, 0.717) is 17.2 Å². The number of fused-ring (bicyclic) bond motifs is 1. The Kier molecular flexibility index (Phi) is 5.22. The van der Waals surface area contributed by atoms with E-state index >= 15 is 0 Å². The van der Waals surface area contributed by atoms with Crippen LogP contribution in [0.2, 0.25) is 0 Å². The fourth-order valence-electron chi connectivity index (χ4n) is 3.42.